The minimum Gasteiger partial charge on any atom is -0.493 e. The van der Waals surface area contributed by atoms with Crippen molar-refractivity contribution in [1.29, 1.82) is 0 Å². The van der Waals surface area contributed by atoms with E-state index in [1.54, 1.807) is 31.3 Å². The molecule has 0 N–H and O–H groups in total. The van der Waals surface area contributed by atoms with Crippen molar-refractivity contribution in [2.75, 3.05) is 59.9 Å². The molecule has 1 aliphatic rings. The second-order valence-electron chi connectivity index (χ2n) is 7.59. The Labute approximate surface area is 189 Å². The number of piperazine rings is 1. The van der Waals surface area contributed by atoms with E-state index in [9.17, 15) is 13.2 Å². The molecule has 1 aliphatic heterocycles. The normalized spacial score (nSPS) is 14.9. The van der Waals surface area contributed by atoms with Gasteiger partial charge in [-0.05, 0) is 42.0 Å². The van der Waals surface area contributed by atoms with Crippen LogP contribution in [0.25, 0.3) is 0 Å². The molecule has 0 aromatic heterocycles. The summed E-state index contributed by atoms with van der Waals surface area (Å²) in [6.07, 6.45) is 0. The summed E-state index contributed by atoms with van der Waals surface area (Å²) >= 11 is 0. The number of carbonyl (C=O) groups excluding carboxylic acids is 1. The van der Waals surface area contributed by atoms with Crippen LogP contribution in [0.15, 0.2) is 47.4 Å². The molecule has 0 saturated carbocycles. The number of hydrogen-bond donors (Lipinski definition) is 0. The summed E-state index contributed by atoms with van der Waals surface area (Å²) in [7, 11) is 1.28. The summed E-state index contributed by atoms with van der Waals surface area (Å²) in [6.45, 7) is 3.63. The molecule has 2 aromatic carbocycles. The minimum atomic E-state index is -3.41. The van der Waals surface area contributed by atoms with Crippen molar-refractivity contribution in [3.8, 4) is 11.5 Å². The zero-order chi connectivity index (χ0) is 23.1. The molecule has 32 heavy (non-hydrogen) atoms. The van der Waals surface area contributed by atoms with Crippen LogP contribution in [-0.2, 0) is 21.1 Å². The van der Waals surface area contributed by atoms with Gasteiger partial charge in [0.2, 0.25) is 0 Å². The van der Waals surface area contributed by atoms with E-state index in [-0.39, 0.29) is 23.2 Å². The van der Waals surface area contributed by atoms with Crippen LogP contribution >= 0.6 is 0 Å². The molecule has 1 heterocycles. The summed E-state index contributed by atoms with van der Waals surface area (Å²) in [5.74, 6) is 1.23. The Balaban J connectivity index is 1.56. The van der Waals surface area contributed by atoms with Crippen molar-refractivity contribution >= 4 is 15.7 Å². The van der Waals surface area contributed by atoms with Gasteiger partial charge in [0.25, 0.3) is 5.91 Å². The fraction of sp³-hybridized carbons (Fsp3) is 0.435. The quantitative estimate of drug-likeness (QED) is 0.564. The number of methoxy groups -OCH3 is 3. The second kappa shape index (κ2) is 10.8. The first kappa shape index (κ1) is 24.0. The van der Waals surface area contributed by atoms with E-state index in [1.807, 2.05) is 18.2 Å². The molecule has 0 atom stereocenters. The van der Waals surface area contributed by atoms with E-state index < -0.39 is 9.84 Å². The van der Waals surface area contributed by atoms with Crippen molar-refractivity contribution in [2.45, 2.75) is 11.4 Å². The lowest BCUT2D eigenvalue weighted by Crippen LogP contribution is -2.48. The van der Waals surface area contributed by atoms with Gasteiger partial charge >= 0.3 is 0 Å². The van der Waals surface area contributed by atoms with Gasteiger partial charge in [0.15, 0.2) is 21.3 Å². The van der Waals surface area contributed by atoms with Crippen LogP contribution in [0.1, 0.15) is 15.9 Å². The highest BCUT2D eigenvalue weighted by atomic mass is 32.2. The van der Waals surface area contributed by atoms with E-state index in [0.717, 1.165) is 25.2 Å². The largest absolute Gasteiger partial charge is 0.493 e. The van der Waals surface area contributed by atoms with Crippen LogP contribution in [0.2, 0.25) is 0 Å². The molecule has 3 rings (SSSR count). The predicted molar refractivity (Wildman–Crippen MR) is 121 cm³/mol. The van der Waals surface area contributed by atoms with Crippen molar-refractivity contribution in [1.82, 2.24) is 9.80 Å². The fourth-order valence-corrected chi connectivity index (χ4v) is 4.82. The molecule has 9 heteroatoms. The van der Waals surface area contributed by atoms with Crippen LogP contribution in [0.3, 0.4) is 0 Å². The van der Waals surface area contributed by atoms with E-state index in [4.69, 9.17) is 14.2 Å². The molecule has 0 bridgehead atoms. The third kappa shape index (κ3) is 5.79. The number of hydrogen-bond acceptors (Lipinski definition) is 7. The number of rotatable bonds is 9. The highest BCUT2D eigenvalue weighted by Gasteiger charge is 2.23. The van der Waals surface area contributed by atoms with Crippen molar-refractivity contribution in [3.63, 3.8) is 0 Å². The van der Waals surface area contributed by atoms with Gasteiger partial charge in [0.1, 0.15) is 0 Å². The lowest BCUT2D eigenvalue weighted by Gasteiger charge is -2.35. The molecule has 0 radical (unpaired) electrons. The third-order valence-electron chi connectivity index (χ3n) is 5.53. The van der Waals surface area contributed by atoms with E-state index in [1.165, 1.54) is 19.2 Å². The van der Waals surface area contributed by atoms with E-state index in [2.05, 4.69) is 4.90 Å². The second-order valence-corrected chi connectivity index (χ2v) is 9.70. The first-order valence-corrected chi connectivity index (χ1v) is 12.1. The Kier molecular flexibility index (Phi) is 8.11. The van der Waals surface area contributed by atoms with Gasteiger partial charge < -0.3 is 19.1 Å². The lowest BCUT2D eigenvalue weighted by atomic mass is 10.1. The summed E-state index contributed by atoms with van der Waals surface area (Å²) in [5, 5.41) is 0. The smallest absolute Gasteiger partial charge is 0.253 e. The number of nitrogens with zero attached hydrogens (tertiary/aromatic N) is 2. The van der Waals surface area contributed by atoms with Crippen LogP contribution in [0.4, 0.5) is 0 Å². The Morgan fingerprint density at radius 2 is 1.56 bits per heavy atom. The molecular formula is C23H30N2O6S. The number of benzene rings is 2. The first-order chi connectivity index (χ1) is 15.4. The number of sulfone groups is 1. The summed E-state index contributed by atoms with van der Waals surface area (Å²) in [6, 6.07) is 12.0. The van der Waals surface area contributed by atoms with Gasteiger partial charge in [-0.25, -0.2) is 8.42 Å². The molecule has 1 saturated heterocycles. The fourth-order valence-electron chi connectivity index (χ4n) is 3.64. The zero-order valence-corrected chi connectivity index (χ0v) is 19.6. The first-order valence-electron chi connectivity index (χ1n) is 10.4. The molecule has 1 fully saturated rings. The monoisotopic (exact) mass is 462 g/mol. The topological polar surface area (TPSA) is 85.4 Å². The van der Waals surface area contributed by atoms with Crippen molar-refractivity contribution in [2.24, 2.45) is 0 Å². The van der Waals surface area contributed by atoms with Crippen LogP contribution in [0.5, 0.6) is 11.5 Å². The minimum absolute atomic E-state index is 0.0845. The van der Waals surface area contributed by atoms with Gasteiger partial charge in [-0.3, -0.25) is 9.69 Å². The summed E-state index contributed by atoms with van der Waals surface area (Å²) in [4.78, 5) is 17.2. The maximum atomic E-state index is 12.9. The molecule has 0 unspecified atom stereocenters. The molecule has 8 nitrogen and oxygen atoms in total. The van der Waals surface area contributed by atoms with E-state index >= 15 is 0 Å². The standard InChI is InChI=1S/C23H30N2O6S/c1-29-14-15-32(27,28)20-7-5-19(6-8-20)23(26)25-12-10-24(11-13-25)17-18-4-9-21(30-2)22(16-18)31-3/h4-9,16H,10-15,17H2,1-3H3. The highest BCUT2D eigenvalue weighted by Crippen LogP contribution is 2.28. The van der Waals surface area contributed by atoms with Gasteiger partial charge in [-0.1, -0.05) is 6.07 Å². The van der Waals surface area contributed by atoms with Gasteiger partial charge in [0, 0.05) is 45.4 Å². The van der Waals surface area contributed by atoms with Gasteiger partial charge in [0.05, 0.1) is 31.5 Å². The number of amides is 1. The van der Waals surface area contributed by atoms with E-state index in [0.29, 0.717) is 30.2 Å². The van der Waals surface area contributed by atoms with Crippen LogP contribution < -0.4 is 9.47 Å². The predicted octanol–water partition coefficient (Wildman–Crippen LogP) is 2.08. The van der Waals surface area contributed by atoms with Gasteiger partial charge in [-0.15, -0.1) is 0 Å². The van der Waals surface area contributed by atoms with Crippen molar-refractivity contribution in [3.05, 3.63) is 53.6 Å². The molecule has 2 aromatic rings. The van der Waals surface area contributed by atoms with Crippen LogP contribution in [0, 0.1) is 0 Å². The summed E-state index contributed by atoms with van der Waals surface area (Å²) in [5.41, 5.74) is 1.61. The molecule has 174 valence electrons. The maximum absolute atomic E-state index is 12.9. The molecular weight excluding hydrogens is 432 g/mol. The van der Waals surface area contributed by atoms with Crippen molar-refractivity contribution < 1.29 is 27.4 Å². The maximum Gasteiger partial charge on any atom is 0.253 e. The van der Waals surface area contributed by atoms with Crippen LogP contribution in [-0.4, -0.2) is 84.0 Å². The Bertz CT molecular complexity index is 1020. The SMILES string of the molecule is COCCS(=O)(=O)c1ccc(C(=O)N2CCN(Cc3ccc(OC)c(OC)c3)CC2)cc1. The molecule has 0 spiro atoms. The average Bonchev–Trinajstić information content (AvgIpc) is 2.82. The third-order valence-corrected chi connectivity index (χ3v) is 7.22. The summed E-state index contributed by atoms with van der Waals surface area (Å²) < 4.78 is 40.0. The zero-order valence-electron chi connectivity index (χ0n) is 18.7. The Morgan fingerprint density at radius 1 is 0.906 bits per heavy atom. The van der Waals surface area contributed by atoms with Gasteiger partial charge in [-0.2, -0.15) is 0 Å². The highest BCUT2D eigenvalue weighted by molar-refractivity contribution is 7.91. The number of ether oxygens (including phenoxy) is 3. The Morgan fingerprint density at radius 3 is 2.16 bits per heavy atom. The lowest BCUT2D eigenvalue weighted by molar-refractivity contribution is 0.0628. The Hall–Kier alpha value is -2.62. The average molecular weight is 463 g/mol. The molecule has 0 aliphatic carbocycles. The molecule has 1 amide bonds. The number of carbonyl (C=O) groups is 1.